The maximum atomic E-state index is 12.8. The molecule has 0 saturated heterocycles. The molecule has 0 radical (unpaired) electrons. The lowest BCUT2D eigenvalue weighted by Gasteiger charge is -2.14. The summed E-state index contributed by atoms with van der Waals surface area (Å²) in [5, 5.41) is 11.8. The molecule has 0 saturated carbocycles. The van der Waals surface area contributed by atoms with Crippen LogP contribution in [0.1, 0.15) is 5.56 Å². The summed E-state index contributed by atoms with van der Waals surface area (Å²) >= 11 is 3.32. The zero-order valence-electron chi connectivity index (χ0n) is 12.3. The monoisotopic (exact) mass is 383 g/mol. The fourth-order valence-corrected chi connectivity index (χ4v) is 2.48. The van der Waals surface area contributed by atoms with Gasteiger partial charge in [0.2, 0.25) is 0 Å². The SMILES string of the molecule is COc1cc(CO)cc(Br)c1OCC(=O)Nc1ccc(F)cc1. The molecule has 0 bridgehead atoms. The smallest absolute Gasteiger partial charge is 0.262 e. The minimum absolute atomic E-state index is 0.139. The number of rotatable bonds is 6. The number of amides is 1. The summed E-state index contributed by atoms with van der Waals surface area (Å²) in [5.41, 5.74) is 1.12. The number of aliphatic hydroxyl groups is 1. The predicted molar refractivity (Wildman–Crippen MR) is 87.1 cm³/mol. The summed E-state index contributed by atoms with van der Waals surface area (Å²) in [6.45, 7) is -0.384. The van der Waals surface area contributed by atoms with Gasteiger partial charge in [-0.1, -0.05) is 0 Å². The third-order valence-corrected chi connectivity index (χ3v) is 3.54. The van der Waals surface area contributed by atoms with Gasteiger partial charge in [0, 0.05) is 5.69 Å². The van der Waals surface area contributed by atoms with Crippen LogP contribution in [0.25, 0.3) is 0 Å². The fourth-order valence-electron chi connectivity index (χ4n) is 1.87. The fraction of sp³-hybridized carbons (Fsp3) is 0.188. The standard InChI is InChI=1S/C16H15BrFNO4/c1-22-14-7-10(8-20)6-13(17)16(14)23-9-15(21)19-12-4-2-11(18)3-5-12/h2-7,20H,8-9H2,1H3,(H,19,21). The van der Waals surface area contributed by atoms with Crippen LogP contribution in [0.3, 0.4) is 0 Å². The Morgan fingerprint density at radius 1 is 1.30 bits per heavy atom. The Kier molecular flexibility index (Phi) is 5.95. The van der Waals surface area contributed by atoms with Crippen molar-refractivity contribution in [3.05, 3.63) is 52.3 Å². The van der Waals surface area contributed by atoms with Crippen molar-refractivity contribution in [3.63, 3.8) is 0 Å². The maximum absolute atomic E-state index is 12.8. The molecule has 5 nitrogen and oxygen atoms in total. The summed E-state index contributed by atoms with van der Waals surface area (Å²) < 4.78 is 24.0. The molecule has 2 aromatic rings. The second kappa shape index (κ2) is 7.94. The van der Waals surface area contributed by atoms with Crippen LogP contribution >= 0.6 is 15.9 Å². The Morgan fingerprint density at radius 3 is 2.61 bits per heavy atom. The number of benzene rings is 2. The molecule has 2 aromatic carbocycles. The highest BCUT2D eigenvalue weighted by Crippen LogP contribution is 2.36. The molecule has 0 aromatic heterocycles. The number of methoxy groups -OCH3 is 1. The average molecular weight is 384 g/mol. The summed E-state index contributed by atoms with van der Waals surface area (Å²) in [7, 11) is 1.47. The van der Waals surface area contributed by atoms with Gasteiger partial charge < -0.3 is 19.9 Å². The zero-order chi connectivity index (χ0) is 16.8. The van der Waals surface area contributed by atoms with Gasteiger partial charge in [-0.2, -0.15) is 0 Å². The van der Waals surface area contributed by atoms with E-state index in [1.807, 2.05) is 0 Å². The van der Waals surface area contributed by atoms with E-state index < -0.39 is 5.91 Å². The molecular formula is C16H15BrFNO4. The van der Waals surface area contributed by atoms with E-state index in [0.717, 1.165) is 0 Å². The van der Waals surface area contributed by atoms with Crippen molar-refractivity contribution in [3.8, 4) is 11.5 Å². The first-order valence-electron chi connectivity index (χ1n) is 6.69. The second-order valence-electron chi connectivity index (χ2n) is 4.61. The van der Waals surface area contributed by atoms with Gasteiger partial charge in [-0.05, 0) is 57.9 Å². The highest BCUT2D eigenvalue weighted by molar-refractivity contribution is 9.10. The van der Waals surface area contributed by atoms with Crippen LogP contribution in [0.15, 0.2) is 40.9 Å². The molecule has 23 heavy (non-hydrogen) atoms. The van der Waals surface area contributed by atoms with Crippen LogP contribution in [0.2, 0.25) is 0 Å². The van der Waals surface area contributed by atoms with Gasteiger partial charge in [0.1, 0.15) is 5.82 Å². The van der Waals surface area contributed by atoms with Gasteiger partial charge in [0.15, 0.2) is 18.1 Å². The molecule has 0 aliphatic rings. The topological polar surface area (TPSA) is 67.8 Å². The van der Waals surface area contributed by atoms with Gasteiger partial charge in [-0.25, -0.2) is 4.39 Å². The number of hydrogen-bond donors (Lipinski definition) is 2. The number of ether oxygens (including phenoxy) is 2. The quantitative estimate of drug-likeness (QED) is 0.803. The van der Waals surface area contributed by atoms with Crippen molar-refractivity contribution < 1.29 is 23.8 Å². The highest BCUT2D eigenvalue weighted by atomic mass is 79.9. The van der Waals surface area contributed by atoms with Crippen LogP contribution in [0, 0.1) is 5.82 Å². The third-order valence-electron chi connectivity index (χ3n) is 2.95. The van der Waals surface area contributed by atoms with Gasteiger partial charge in [0.05, 0.1) is 18.2 Å². The van der Waals surface area contributed by atoms with E-state index in [9.17, 15) is 9.18 Å². The Morgan fingerprint density at radius 2 is 2.00 bits per heavy atom. The summed E-state index contributed by atoms with van der Waals surface area (Å²) in [4.78, 5) is 11.9. The molecule has 2 rings (SSSR count). The summed E-state index contributed by atoms with van der Waals surface area (Å²) in [6, 6.07) is 8.72. The van der Waals surface area contributed by atoms with Gasteiger partial charge in [-0.3, -0.25) is 4.79 Å². The van der Waals surface area contributed by atoms with Crippen molar-refractivity contribution >= 4 is 27.5 Å². The molecule has 0 aliphatic carbocycles. The predicted octanol–water partition coefficient (Wildman–Crippen LogP) is 3.11. The van der Waals surface area contributed by atoms with E-state index >= 15 is 0 Å². The molecule has 0 unspecified atom stereocenters. The van der Waals surface area contributed by atoms with Crippen molar-refractivity contribution in [2.45, 2.75) is 6.61 Å². The van der Waals surface area contributed by atoms with Crippen molar-refractivity contribution in [2.24, 2.45) is 0 Å². The van der Waals surface area contributed by atoms with Gasteiger partial charge in [0.25, 0.3) is 5.91 Å². The molecule has 0 aliphatic heterocycles. The average Bonchev–Trinajstić information content (AvgIpc) is 2.55. The molecule has 0 fully saturated rings. The number of nitrogens with one attached hydrogen (secondary N) is 1. The molecule has 0 spiro atoms. The lowest BCUT2D eigenvalue weighted by atomic mass is 10.2. The maximum Gasteiger partial charge on any atom is 0.262 e. The van der Waals surface area contributed by atoms with Crippen molar-refractivity contribution in [2.75, 3.05) is 19.0 Å². The van der Waals surface area contributed by atoms with E-state index in [0.29, 0.717) is 27.2 Å². The minimum Gasteiger partial charge on any atom is -0.493 e. The van der Waals surface area contributed by atoms with Crippen molar-refractivity contribution in [1.29, 1.82) is 0 Å². The molecule has 7 heteroatoms. The molecule has 2 N–H and O–H groups in total. The first-order valence-corrected chi connectivity index (χ1v) is 7.48. The molecule has 0 heterocycles. The molecule has 1 amide bonds. The molecular weight excluding hydrogens is 369 g/mol. The first kappa shape index (κ1) is 17.2. The van der Waals surface area contributed by atoms with E-state index in [-0.39, 0.29) is 19.0 Å². The number of carbonyl (C=O) groups excluding carboxylic acids is 1. The molecule has 122 valence electrons. The van der Waals surface area contributed by atoms with Crippen LogP contribution < -0.4 is 14.8 Å². The Balaban J connectivity index is 2.02. The highest BCUT2D eigenvalue weighted by Gasteiger charge is 2.13. The number of anilines is 1. The number of hydrogen-bond acceptors (Lipinski definition) is 4. The normalized spacial score (nSPS) is 10.3. The number of aliphatic hydroxyl groups excluding tert-OH is 1. The first-order chi connectivity index (χ1) is 11.0. The molecule has 0 atom stereocenters. The summed E-state index contributed by atoms with van der Waals surface area (Å²) in [6.07, 6.45) is 0. The Labute approximate surface area is 141 Å². The lowest BCUT2D eigenvalue weighted by molar-refractivity contribution is -0.118. The van der Waals surface area contributed by atoms with Crippen LogP contribution in [-0.4, -0.2) is 24.7 Å². The minimum atomic E-state index is -0.392. The van der Waals surface area contributed by atoms with Crippen molar-refractivity contribution in [1.82, 2.24) is 0 Å². The zero-order valence-corrected chi connectivity index (χ0v) is 13.9. The number of halogens is 2. The van der Waals surface area contributed by atoms with E-state index in [1.165, 1.54) is 31.4 Å². The van der Waals surface area contributed by atoms with Crippen LogP contribution in [0.4, 0.5) is 10.1 Å². The van der Waals surface area contributed by atoms with Crippen LogP contribution in [-0.2, 0) is 11.4 Å². The second-order valence-corrected chi connectivity index (χ2v) is 5.47. The van der Waals surface area contributed by atoms with E-state index in [4.69, 9.17) is 14.6 Å². The largest absolute Gasteiger partial charge is 0.493 e. The van der Waals surface area contributed by atoms with Gasteiger partial charge >= 0.3 is 0 Å². The van der Waals surface area contributed by atoms with Crippen LogP contribution in [0.5, 0.6) is 11.5 Å². The Bertz CT molecular complexity index is 691. The Hall–Kier alpha value is -2.12. The van der Waals surface area contributed by atoms with E-state index in [1.54, 1.807) is 12.1 Å². The number of carbonyl (C=O) groups is 1. The lowest BCUT2D eigenvalue weighted by Crippen LogP contribution is -2.20. The third kappa shape index (κ3) is 4.67. The summed E-state index contributed by atoms with van der Waals surface area (Å²) in [5.74, 6) is -0.00866. The van der Waals surface area contributed by atoms with E-state index in [2.05, 4.69) is 21.2 Å². The van der Waals surface area contributed by atoms with Gasteiger partial charge in [-0.15, -0.1) is 0 Å².